The average molecular weight is 423 g/mol. The van der Waals surface area contributed by atoms with Gasteiger partial charge in [0, 0.05) is 21.7 Å². The van der Waals surface area contributed by atoms with E-state index in [4.69, 9.17) is 16.0 Å². The van der Waals surface area contributed by atoms with E-state index >= 15 is 0 Å². The van der Waals surface area contributed by atoms with Gasteiger partial charge in [-0.2, -0.15) is 0 Å². The van der Waals surface area contributed by atoms with Crippen LogP contribution in [0.2, 0.25) is 5.02 Å². The van der Waals surface area contributed by atoms with Gasteiger partial charge in [0.1, 0.15) is 11.2 Å². The van der Waals surface area contributed by atoms with E-state index in [1.807, 2.05) is 18.2 Å². The minimum Gasteiger partial charge on any atom is -0.456 e. The zero-order chi connectivity index (χ0) is 20.8. The van der Waals surface area contributed by atoms with E-state index in [1.54, 1.807) is 0 Å². The third-order valence-electron chi connectivity index (χ3n) is 6.85. The highest BCUT2D eigenvalue weighted by atomic mass is 35.5. The number of rotatable bonds is 3. The van der Waals surface area contributed by atoms with Crippen LogP contribution in [0.1, 0.15) is 46.9 Å². The molecular weight excluding hydrogens is 400 g/mol. The summed E-state index contributed by atoms with van der Waals surface area (Å²) in [5.41, 5.74) is 7.46. The van der Waals surface area contributed by atoms with Gasteiger partial charge in [0.2, 0.25) is 0 Å². The van der Waals surface area contributed by atoms with Gasteiger partial charge in [-0.25, -0.2) is 0 Å². The molecule has 1 aliphatic rings. The third kappa shape index (κ3) is 3.16. The first-order valence-electron chi connectivity index (χ1n) is 11.0. The summed E-state index contributed by atoms with van der Waals surface area (Å²) in [6.07, 6.45) is 3.29. The van der Waals surface area contributed by atoms with Crippen LogP contribution in [0.4, 0.5) is 0 Å². The molecule has 0 fully saturated rings. The fraction of sp³-hybridized carbons (Fsp3) is 0.172. The van der Waals surface area contributed by atoms with Crippen molar-refractivity contribution in [3.63, 3.8) is 0 Å². The standard InChI is InChI=1S/C29H23ClO/c30-26-13-5-3-11-24(26)23-17-16-19(21-9-1-2-10-22(21)23)18-20-8-7-15-28-29(20)25-12-4-6-14-27(25)31-28/h1-15,19,23H,16-18H2. The molecule has 1 nitrogen and oxygen atoms in total. The van der Waals surface area contributed by atoms with Crippen molar-refractivity contribution in [3.8, 4) is 0 Å². The molecule has 1 heterocycles. The Morgan fingerprint density at radius 3 is 2.26 bits per heavy atom. The lowest BCUT2D eigenvalue weighted by Crippen LogP contribution is -2.17. The van der Waals surface area contributed by atoms with E-state index < -0.39 is 0 Å². The van der Waals surface area contributed by atoms with E-state index in [9.17, 15) is 0 Å². The normalized spacial score (nSPS) is 18.4. The number of hydrogen-bond donors (Lipinski definition) is 0. The molecule has 1 aliphatic carbocycles. The van der Waals surface area contributed by atoms with Crippen molar-refractivity contribution in [3.05, 3.63) is 118 Å². The first kappa shape index (κ1) is 18.7. The lowest BCUT2D eigenvalue weighted by molar-refractivity contribution is 0.516. The topological polar surface area (TPSA) is 13.1 Å². The van der Waals surface area contributed by atoms with Gasteiger partial charge in [-0.05, 0) is 65.6 Å². The lowest BCUT2D eigenvalue weighted by Gasteiger charge is -2.32. The van der Waals surface area contributed by atoms with Crippen molar-refractivity contribution in [2.24, 2.45) is 0 Å². The fourth-order valence-corrected chi connectivity index (χ4v) is 5.72. The zero-order valence-corrected chi connectivity index (χ0v) is 18.0. The molecule has 2 heteroatoms. The number of hydrogen-bond acceptors (Lipinski definition) is 1. The highest BCUT2D eigenvalue weighted by molar-refractivity contribution is 6.31. The Morgan fingerprint density at radius 1 is 0.677 bits per heavy atom. The minimum absolute atomic E-state index is 0.367. The van der Waals surface area contributed by atoms with Crippen LogP contribution in [0.5, 0.6) is 0 Å². The smallest absolute Gasteiger partial charge is 0.135 e. The quantitative estimate of drug-likeness (QED) is 0.284. The maximum atomic E-state index is 6.59. The molecule has 0 saturated heterocycles. The molecule has 0 spiro atoms. The molecular formula is C29H23ClO. The summed E-state index contributed by atoms with van der Waals surface area (Å²) in [6.45, 7) is 0. The lowest BCUT2D eigenvalue weighted by atomic mass is 9.72. The summed E-state index contributed by atoms with van der Waals surface area (Å²) < 4.78 is 6.13. The highest BCUT2D eigenvalue weighted by Crippen LogP contribution is 2.45. The molecule has 5 aromatic rings. The van der Waals surface area contributed by atoms with Gasteiger partial charge >= 0.3 is 0 Å². The number of fused-ring (bicyclic) bond motifs is 4. The molecule has 2 atom stereocenters. The second-order valence-corrected chi connectivity index (χ2v) is 8.98. The van der Waals surface area contributed by atoms with Crippen LogP contribution in [0.15, 0.2) is 95.4 Å². The monoisotopic (exact) mass is 422 g/mol. The molecule has 6 rings (SSSR count). The van der Waals surface area contributed by atoms with Crippen LogP contribution in [0, 0.1) is 0 Å². The van der Waals surface area contributed by atoms with E-state index in [0.29, 0.717) is 11.8 Å². The van der Waals surface area contributed by atoms with Crippen LogP contribution in [-0.2, 0) is 6.42 Å². The molecule has 0 radical (unpaired) electrons. The molecule has 0 amide bonds. The Kier molecular flexibility index (Phi) is 4.58. The molecule has 1 aromatic heterocycles. The SMILES string of the molecule is Clc1ccccc1C1CCC(Cc2cccc3oc4ccccc4c23)c2ccccc21. The Hall–Kier alpha value is -3.03. The van der Waals surface area contributed by atoms with Gasteiger partial charge in [0.05, 0.1) is 0 Å². The van der Waals surface area contributed by atoms with Gasteiger partial charge < -0.3 is 4.42 Å². The van der Waals surface area contributed by atoms with Crippen LogP contribution in [0.25, 0.3) is 21.9 Å². The van der Waals surface area contributed by atoms with Crippen LogP contribution >= 0.6 is 11.6 Å². The summed E-state index contributed by atoms with van der Waals surface area (Å²) >= 11 is 6.59. The molecule has 0 N–H and O–H groups in total. The Bertz CT molecular complexity index is 1400. The minimum atomic E-state index is 0.367. The third-order valence-corrected chi connectivity index (χ3v) is 7.20. The summed E-state index contributed by atoms with van der Waals surface area (Å²) in [5, 5.41) is 3.35. The molecule has 0 aliphatic heterocycles. The van der Waals surface area contributed by atoms with E-state index in [1.165, 1.54) is 33.0 Å². The van der Waals surface area contributed by atoms with Crippen molar-refractivity contribution < 1.29 is 4.42 Å². The van der Waals surface area contributed by atoms with Crippen LogP contribution in [-0.4, -0.2) is 0 Å². The van der Waals surface area contributed by atoms with Crippen molar-refractivity contribution in [1.82, 2.24) is 0 Å². The predicted molar refractivity (Wildman–Crippen MR) is 129 cm³/mol. The maximum absolute atomic E-state index is 6.59. The van der Waals surface area contributed by atoms with Gasteiger partial charge in [0.15, 0.2) is 0 Å². The van der Waals surface area contributed by atoms with Gasteiger partial charge in [0.25, 0.3) is 0 Å². The Morgan fingerprint density at radius 2 is 1.39 bits per heavy atom. The highest BCUT2D eigenvalue weighted by Gasteiger charge is 2.29. The van der Waals surface area contributed by atoms with E-state index in [2.05, 4.69) is 72.8 Å². The predicted octanol–water partition coefficient (Wildman–Crippen LogP) is 8.49. The van der Waals surface area contributed by atoms with Gasteiger partial charge in [-0.3, -0.25) is 0 Å². The molecule has 31 heavy (non-hydrogen) atoms. The van der Waals surface area contributed by atoms with Gasteiger partial charge in [-0.15, -0.1) is 0 Å². The van der Waals surface area contributed by atoms with Crippen molar-refractivity contribution in [1.29, 1.82) is 0 Å². The van der Waals surface area contributed by atoms with Gasteiger partial charge in [-0.1, -0.05) is 84.4 Å². The Balaban J connectivity index is 1.42. The summed E-state index contributed by atoms with van der Waals surface area (Å²) in [7, 11) is 0. The molecule has 2 unspecified atom stereocenters. The number of furan rings is 1. The maximum Gasteiger partial charge on any atom is 0.135 e. The Labute approximate surface area is 187 Å². The van der Waals surface area contributed by atoms with Crippen LogP contribution < -0.4 is 0 Å². The number of para-hydroxylation sites is 1. The molecule has 4 aromatic carbocycles. The summed E-state index contributed by atoms with van der Waals surface area (Å²) in [4.78, 5) is 0. The summed E-state index contributed by atoms with van der Waals surface area (Å²) in [6, 6.07) is 32.1. The van der Waals surface area contributed by atoms with E-state index in [0.717, 1.165) is 35.5 Å². The van der Waals surface area contributed by atoms with Crippen LogP contribution in [0.3, 0.4) is 0 Å². The summed E-state index contributed by atoms with van der Waals surface area (Å²) in [5.74, 6) is 0.862. The molecule has 0 bridgehead atoms. The first-order chi connectivity index (χ1) is 15.3. The largest absolute Gasteiger partial charge is 0.456 e. The molecule has 152 valence electrons. The zero-order valence-electron chi connectivity index (χ0n) is 17.2. The van der Waals surface area contributed by atoms with Crippen molar-refractivity contribution >= 4 is 33.5 Å². The fourth-order valence-electron chi connectivity index (χ4n) is 5.46. The molecule has 0 saturated carbocycles. The average Bonchev–Trinajstić information content (AvgIpc) is 3.19. The number of benzene rings is 4. The van der Waals surface area contributed by atoms with Crippen molar-refractivity contribution in [2.75, 3.05) is 0 Å². The second kappa shape index (κ2) is 7.59. The van der Waals surface area contributed by atoms with Crippen molar-refractivity contribution in [2.45, 2.75) is 31.1 Å². The second-order valence-electron chi connectivity index (χ2n) is 8.57. The number of halogens is 1. The van der Waals surface area contributed by atoms with E-state index in [-0.39, 0.29) is 0 Å². The first-order valence-corrected chi connectivity index (χ1v) is 11.4.